The highest BCUT2D eigenvalue weighted by Crippen LogP contribution is 2.28. The largest absolute Gasteiger partial charge is 0.459 e. The molecule has 0 aliphatic rings. The highest BCUT2D eigenvalue weighted by Gasteiger charge is 2.17. The second kappa shape index (κ2) is 7.06. The minimum atomic E-state index is -0.504. The maximum atomic E-state index is 13.5. The fourth-order valence-corrected chi connectivity index (χ4v) is 3.03. The number of thioether (sulfide) groups is 1. The van der Waals surface area contributed by atoms with E-state index in [1.165, 1.54) is 29.2 Å². The molecule has 1 aromatic heterocycles. The topological polar surface area (TPSA) is 64.1 Å². The van der Waals surface area contributed by atoms with Gasteiger partial charge < -0.3 is 10.1 Å². The molecule has 0 spiro atoms. The number of hydrogen-bond donors (Lipinski definition) is 1. The Kier molecular flexibility index (Phi) is 5.36. The van der Waals surface area contributed by atoms with Crippen LogP contribution in [-0.4, -0.2) is 27.5 Å². The summed E-state index contributed by atoms with van der Waals surface area (Å²) in [6, 6.07) is 6.32. The van der Waals surface area contributed by atoms with Crippen LogP contribution >= 0.6 is 23.1 Å². The predicted molar refractivity (Wildman–Crippen MR) is 86.2 cm³/mol. The standard InChI is InChI=1S/C14H16FN3O2S2/c1-14(2,3)20-11(19)8-21-13-18-17-12(22-13)16-10-7-5-4-6-9(10)15/h4-7H,8H2,1-3H3,(H,16,17). The minimum Gasteiger partial charge on any atom is -0.459 e. The molecule has 5 nitrogen and oxygen atoms in total. The van der Waals surface area contributed by atoms with Crippen molar-refractivity contribution in [3.05, 3.63) is 30.1 Å². The third-order valence-corrected chi connectivity index (χ3v) is 4.20. The Morgan fingerprint density at radius 1 is 1.36 bits per heavy atom. The maximum Gasteiger partial charge on any atom is 0.316 e. The molecular weight excluding hydrogens is 325 g/mol. The van der Waals surface area contributed by atoms with Gasteiger partial charge in [-0.3, -0.25) is 4.79 Å². The van der Waals surface area contributed by atoms with Crippen molar-refractivity contribution in [1.82, 2.24) is 10.2 Å². The number of halogens is 1. The molecule has 0 aliphatic heterocycles. The number of esters is 1. The molecule has 0 saturated heterocycles. The summed E-state index contributed by atoms with van der Waals surface area (Å²) in [5.41, 5.74) is -0.168. The molecule has 0 aliphatic carbocycles. The van der Waals surface area contributed by atoms with Gasteiger partial charge in [0.15, 0.2) is 4.34 Å². The van der Waals surface area contributed by atoms with Gasteiger partial charge in [-0.15, -0.1) is 10.2 Å². The first-order chi connectivity index (χ1) is 10.3. The van der Waals surface area contributed by atoms with Crippen molar-refractivity contribution in [3.8, 4) is 0 Å². The van der Waals surface area contributed by atoms with E-state index in [0.717, 1.165) is 0 Å². The molecule has 0 amide bonds. The zero-order chi connectivity index (χ0) is 16.2. The van der Waals surface area contributed by atoms with Crippen LogP contribution in [0.15, 0.2) is 28.6 Å². The molecule has 1 heterocycles. The van der Waals surface area contributed by atoms with E-state index in [0.29, 0.717) is 15.2 Å². The SMILES string of the molecule is CC(C)(C)OC(=O)CSc1nnc(Nc2ccccc2F)s1. The van der Waals surface area contributed by atoms with Gasteiger partial charge in [-0.25, -0.2) is 4.39 Å². The van der Waals surface area contributed by atoms with Crippen molar-refractivity contribution in [1.29, 1.82) is 0 Å². The lowest BCUT2D eigenvalue weighted by Gasteiger charge is -2.18. The highest BCUT2D eigenvalue weighted by molar-refractivity contribution is 8.01. The maximum absolute atomic E-state index is 13.5. The summed E-state index contributed by atoms with van der Waals surface area (Å²) in [6.07, 6.45) is 0. The number of carbonyl (C=O) groups excluding carboxylic acids is 1. The van der Waals surface area contributed by atoms with E-state index in [-0.39, 0.29) is 17.5 Å². The van der Waals surface area contributed by atoms with Crippen molar-refractivity contribution < 1.29 is 13.9 Å². The van der Waals surface area contributed by atoms with Crippen LogP contribution in [0.3, 0.4) is 0 Å². The number of anilines is 2. The zero-order valence-electron chi connectivity index (χ0n) is 12.4. The quantitative estimate of drug-likeness (QED) is 0.658. The van der Waals surface area contributed by atoms with Crippen molar-refractivity contribution >= 4 is 39.9 Å². The Morgan fingerprint density at radius 2 is 2.09 bits per heavy atom. The molecule has 1 aromatic carbocycles. The van der Waals surface area contributed by atoms with Gasteiger partial charge in [0.1, 0.15) is 11.4 Å². The third-order valence-electron chi connectivity index (χ3n) is 2.26. The Morgan fingerprint density at radius 3 is 2.77 bits per heavy atom. The van der Waals surface area contributed by atoms with Gasteiger partial charge >= 0.3 is 5.97 Å². The number of nitrogens with one attached hydrogen (secondary N) is 1. The lowest BCUT2D eigenvalue weighted by Crippen LogP contribution is -2.24. The molecule has 0 atom stereocenters. The van der Waals surface area contributed by atoms with Crippen LogP contribution in [0.2, 0.25) is 0 Å². The van der Waals surface area contributed by atoms with Crippen LogP contribution in [-0.2, 0) is 9.53 Å². The molecule has 0 bridgehead atoms. The number of aromatic nitrogens is 2. The Hall–Kier alpha value is -1.67. The third kappa shape index (κ3) is 5.27. The molecule has 8 heteroatoms. The van der Waals surface area contributed by atoms with Crippen molar-refractivity contribution in [3.63, 3.8) is 0 Å². The van der Waals surface area contributed by atoms with E-state index >= 15 is 0 Å². The van der Waals surface area contributed by atoms with Gasteiger partial charge in [-0.05, 0) is 32.9 Å². The first-order valence-corrected chi connectivity index (χ1v) is 8.33. The molecule has 0 fully saturated rings. The van der Waals surface area contributed by atoms with Gasteiger partial charge in [0.2, 0.25) is 5.13 Å². The van der Waals surface area contributed by atoms with E-state index in [1.54, 1.807) is 18.2 Å². The first-order valence-electron chi connectivity index (χ1n) is 6.53. The molecule has 118 valence electrons. The highest BCUT2D eigenvalue weighted by atomic mass is 32.2. The Balaban J connectivity index is 1.89. The number of hydrogen-bond acceptors (Lipinski definition) is 7. The molecule has 2 aromatic rings. The van der Waals surface area contributed by atoms with Crippen molar-refractivity contribution in [2.24, 2.45) is 0 Å². The Bertz CT molecular complexity index is 656. The van der Waals surface area contributed by atoms with E-state index in [2.05, 4.69) is 15.5 Å². The van der Waals surface area contributed by atoms with Crippen LogP contribution in [0.4, 0.5) is 15.2 Å². The monoisotopic (exact) mass is 341 g/mol. The second-order valence-electron chi connectivity index (χ2n) is 5.35. The summed E-state index contributed by atoms with van der Waals surface area (Å²) >= 11 is 2.49. The fraction of sp³-hybridized carbons (Fsp3) is 0.357. The van der Waals surface area contributed by atoms with Crippen LogP contribution in [0.5, 0.6) is 0 Å². The molecule has 0 unspecified atom stereocenters. The Labute approximate surface area is 136 Å². The number of para-hydroxylation sites is 1. The summed E-state index contributed by atoms with van der Waals surface area (Å²) in [5.74, 6) is -0.511. The fourth-order valence-electron chi connectivity index (χ4n) is 1.49. The second-order valence-corrected chi connectivity index (χ2v) is 7.55. The molecule has 1 N–H and O–H groups in total. The van der Waals surface area contributed by atoms with Crippen LogP contribution < -0.4 is 5.32 Å². The smallest absolute Gasteiger partial charge is 0.316 e. The van der Waals surface area contributed by atoms with Crippen molar-refractivity contribution in [2.45, 2.75) is 30.7 Å². The van der Waals surface area contributed by atoms with Gasteiger partial charge in [0.05, 0.1) is 11.4 Å². The van der Waals surface area contributed by atoms with Gasteiger partial charge in [0, 0.05) is 0 Å². The zero-order valence-corrected chi connectivity index (χ0v) is 14.1. The van der Waals surface area contributed by atoms with Crippen LogP contribution in [0, 0.1) is 5.82 Å². The summed E-state index contributed by atoms with van der Waals surface area (Å²) in [5, 5.41) is 11.2. The molecule has 2 rings (SSSR count). The number of benzene rings is 1. The predicted octanol–water partition coefficient (Wildman–Crippen LogP) is 3.85. The van der Waals surface area contributed by atoms with Gasteiger partial charge in [-0.1, -0.05) is 35.2 Å². The van der Waals surface area contributed by atoms with Gasteiger partial charge in [0.25, 0.3) is 0 Å². The molecular formula is C14H16FN3O2S2. The summed E-state index contributed by atoms with van der Waals surface area (Å²) in [6.45, 7) is 5.45. The summed E-state index contributed by atoms with van der Waals surface area (Å²) in [7, 11) is 0. The summed E-state index contributed by atoms with van der Waals surface area (Å²) in [4.78, 5) is 11.6. The normalized spacial score (nSPS) is 11.3. The molecule has 0 radical (unpaired) electrons. The number of carbonyl (C=O) groups is 1. The van der Waals surface area contributed by atoms with E-state index < -0.39 is 5.60 Å². The lowest BCUT2D eigenvalue weighted by molar-refractivity contribution is -0.151. The number of nitrogens with zero attached hydrogens (tertiary/aromatic N) is 2. The number of rotatable bonds is 5. The van der Waals surface area contributed by atoms with E-state index in [1.807, 2.05) is 20.8 Å². The molecule has 0 saturated carbocycles. The average Bonchev–Trinajstić information content (AvgIpc) is 2.85. The van der Waals surface area contributed by atoms with E-state index in [4.69, 9.17) is 4.74 Å². The lowest BCUT2D eigenvalue weighted by atomic mass is 10.2. The number of ether oxygens (including phenoxy) is 1. The minimum absolute atomic E-state index is 0.158. The van der Waals surface area contributed by atoms with Gasteiger partial charge in [-0.2, -0.15) is 0 Å². The van der Waals surface area contributed by atoms with Crippen LogP contribution in [0.1, 0.15) is 20.8 Å². The first kappa shape index (κ1) is 16.7. The van der Waals surface area contributed by atoms with E-state index in [9.17, 15) is 9.18 Å². The molecule has 22 heavy (non-hydrogen) atoms. The van der Waals surface area contributed by atoms with Crippen LogP contribution in [0.25, 0.3) is 0 Å². The summed E-state index contributed by atoms with van der Waals surface area (Å²) < 4.78 is 19.3. The average molecular weight is 341 g/mol. The van der Waals surface area contributed by atoms with Crippen molar-refractivity contribution in [2.75, 3.05) is 11.1 Å².